The lowest BCUT2D eigenvalue weighted by molar-refractivity contribution is -0.171. The first-order valence-corrected chi connectivity index (χ1v) is 5.91. The molecule has 0 aliphatic rings. The second kappa shape index (κ2) is 5.98. The SMILES string of the molecule is OC(COCC(F)(F)C(F)F)c1cc2cccc(F)c2o1. The number of furan rings is 1. The van der Waals surface area contributed by atoms with E-state index in [0.29, 0.717) is 5.39 Å². The Morgan fingerprint density at radius 3 is 2.62 bits per heavy atom. The molecule has 0 fully saturated rings. The summed E-state index contributed by atoms with van der Waals surface area (Å²) in [6.45, 7) is -2.21. The van der Waals surface area contributed by atoms with Gasteiger partial charge in [-0.15, -0.1) is 0 Å². The van der Waals surface area contributed by atoms with Gasteiger partial charge in [-0.05, 0) is 12.1 Å². The van der Waals surface area contributed by atoms with Gasteiger partial charge >= 0.3 is 12.3 Å². The highest BCUT2D eigenvalue weighted by atomic mass is 19.3. The summed E-state index contributed by atoms with van der Waals surface area (Å²) >= 11 is 0. The highest BCUT2D eigenvalue weighted by molar-refractivity contribution is 5.78. The Morgan fingerprint density at radius 2 is 2.00 bits per heavy atom. The van der Waals surface area contributed by atoms with Crippen molar-refractivity contribution in [1.29, 1.82) is 0 Å². The maximum Gasteiger partial charge on any atom is 0.330 e. The second-order valence-electron chi connectivity index (χ2n) is 4.40. The third-order valence-corrected chi connectivity index (χ3v) is 2.73. The molecule has 21 heavy (non-hydrogen) atoms. The van der Waals surface area contributed by atoms with Crippen LogP contribution in [0.4, 0.5) is 22.0 Å². The van der Waals surface area contributed by atoms with E-state index in [9.17, 15) is 27.1 Å². The van der Waals surface area contributed by atoms with Gasteiger partial charge in [-0.3, -0.25) is 0 Å². The van der Waals surface area contributed by atoms with Gasteiger partial charge in [0.15, 0.2) is 11.4 Å². The highest BCUT2D eigenvalue weighted by Gasteiger charge is 2.41. The molecule has 0 bridgehead atoms. The molecule has 1 aromatic carbocycles. The Bertz CT molecular complexity index is 611. The first-order valence-electron chi connectivity index (χ1n) is 5.91. The Balaban J connectivity index is 1.99. The Labute approximate surface area is 115 Å². The van der Waals surface area contributed by atoms with Gasteiger partial charge in [-0.1, -0.05) is 12.1 Å². The van der Waals surface area contributed by atoms with Gasteiger partial charge < -0.3 is 14.3 Å². The van der Waals surface area contributed by atoms with Crippen molar-refractivity contribution in [3.05, 3.63) is 35.8 Å². The number of alkyl halides is 4. The van der Waals surface area contributed by atoms with E-state index < -0.39 is 37.5 Å². The number of benzene rings is 1. The van der Waals surface area contributed by atoms with Crippen molar-refractivity contribution in [1.82, 2.24) is 0 Å². The number of ether oxygens (including phenoxy) is 1. The molecule has 0 amide bonds. The molecular weight excluding hydrogens is 299 g/mol. The maximum absolute atomic E-state index is 13.4. The summed E-state index contributed by atoms with van der Waals surface area (Å²) in [4.78, 5) is 0. The standard InChI is InChI=1S/C13H11F5O3/c14-8-3-1-2-7-4-10(21-11(7)8)9(19)5-20-6-13(17,18)12(15)16/h1-4,9,12,19H,5-6H2. The number of aliphatic hydroxyl groups excluding tert-OH is 1. The molecule has 1 atom stereocenters. The molecule has 1 unspecified atom stereocenters. The molecule has 0 aliphatic heterocycles. The molecular formula is C13H11F5O3. The zero-order valence-corrected chi connectivity index (χ0v) is 10.5. The van der Waals surface area contributed by atoms with Crippen LogP contribution in [0.5, 0.6) is 0 Å². The van der Waals surface area contributed by atoms with Gasteiger partial charge in [0.05, 0.1) is 6.61 Å². The molecule has 1 N–H and O–H groups in total. The van der Waals surface area contributed by atoms with E-state index in [1.165, 1.54) is 18.2 Å². The number of aliphatic hydroxyl groups is 1. The minimum Gasteiger partial charge on any atom is -0.455 e. The first-order chi connectivity index (χ1) is 9.81. The van der Waals surface area contributed by atoms with Crippen LogP contribution in [-0.2, 0) is 4.74 Å². The van der Waals surface area contributed by atoms with Crippen LogP contribution in [0.15, 0.2) is 28.7 Å². The predicted octanol–water partition coefficient (Wildman–Crippen LogP) is 3.52. The van der Waals surface area contributed by atoms with Gasteiger partial charge in [0.2, 0.25) is 0 Å². The summed E-state index contributed by atoms with van der Waals surface area (Å²) in [5, 5.41) is 10.1. The van der Waals surface area contributed by atoms with E-state index in [1.807, 2.05) is 0 Å². The monoisotopic (exact) mass is 310 g/mol. The molecule has 2 rings (SSSR count). The van der Waals surface area contributed by atoms with E-state index in [-0.39, 0.29) is 11.3 Å². The van der Waals surface area contributed by atoms with E-state index in [4.69, 9.17) is 4.42 Å². The summed E-state index contributed by atoms with van der Waals surface area (Å²) in [7, 11) is 0. The minimum absolute atomic E-state index is 0.0931. The molecule has 0 spiro atoms. The number of halogens is 5. The maximum atomic E-state index is 13.4. The lowest BCUT2D eigenvalue weighted by Crippen LogP contribution is -2.33. The van der Waals surface area contributed by atoms with Crippen LogP contribution in [0.1, 0.15) is 11.9 Å². The normalized spacial score (nSPS) is 14.0. The largest absolute Gasteiger partial charge is 0.455 e. The fourth-order valence-electron chi connectivity index (χ4n) is 1.66. The van der Waals surface area contributed by atoms with Gasteiger partial charge in [-0.2, -0.15) is 8.78 Å². The van der Waals surface area contributed by atoms with E-state index in [0.717, 1.165) is 6.07 Å². The van der Waals surface area contributed by atoms with Gasteiger partial charge in [0.1, 0.15) is 18.5 Å². The Hall–Kier alpha value is -1.67. The average Bonchev–Trinajstić information content (AvgIpc) is 2.83. The molecule has 116 valence electrons. The number of hydrogen-bond acceptors (Lipinski definition) is 3. The minimum atomic E-state index is -4.29. The van der Waals surface area contributed by atoms with Gasteiger partial charge in [-0.25, -0.2) is 13.2 Å². The Morgan fingerprint density at radius 1 is 1.29 bits per heavy atom. The summed E-state index contributed by atoms with van der Waals surface area (Å²) in [6, 6.07) is 5.44. The molecule has 3 nitrogen and oxygen atoms in total. The van der Waals surface area contributed by atoms with Crippen LogP contribution < -0.4 is 0 Å². The number of rotatable bonds is 6. The van der Waals surface area contributed by atoms with Gasteiger partial charge in [0.25, 0.3) is 0 Å². The molecule has 8 heteroatoms. The average molecular weight is 310 g/mol. The molecule has 1 heterocycles. The van der Waals surface area contributed by atoms with E-state index >= 15 is 0 Å². The van der Waals surface area contributed by atoms with Crippen molar-refractivity contribution < 1.29 is 36.2 Å². The van der Waals surface area contributed by atoms with Crippen LogP contribution in [0.3, 0.4) is 0 Å². The fourth-order valence-corrected chi connectivity index (χ4v) is 1.66. The van der Waals surface area contributed by atoms with Crippen molar-refractivity contribution in [2.24, 2.45) is 0 Å². The summed E-state index contributed by atoms with van der Waals surface area (Å²) in [6.07, 6.45) is -5.32. The third-order valence-electron chi connectivity index (χ3n) is 2.73. The zero-order chi connectivity index (χ0) is 15.6. The van der Waals surface area contributed by atoms with Crippen molar-refractivity contribution in [3.63, 3.8) is 0 Å². The Kier molecular flexibility index (Phi) is 4.48. The van der Waals surface area contributed by atoms with Gasteiger partial charge in [0, 0.05) is 5.39 Å². The topological polar surface area (TPSA) is 42.6 Å². The van der Waals surface area contributed by atoms with E-state index in [2.05, 4.69) is 4.74 Å². The quantitative estimate of drug-likeness (QED) is 0.830. The highest BCUT2D eigenvalue weighted by Crippen LogP contribution is 2.27. The summed E-state index contributed by atoms with van der Waals surface area (Å²) in [5.74, 6) is -5.04. The van der Waals surface area contributed by atoms with Crippen LogP contribution >= 0.6 is 0 Å². The summed E-state index contributed by atoms with van der Waals surface area (Å²) < 4.78 is 71.8. The lowest BCUT2D eigenvalue weighted by Gasteiger charge is -2.16. The van der Waals surface area contributed by atoms with E-state index in [1.54, 1.807) is 0 Å². The number of para-hydroxylation sites is 1. The lowest BCUT2D eigenvalue weighted by atomic mass is 10.2. The van der Waals surface area contributed by atoms with Crippen molar-refractivity contribution >= 4 is 11.0 Å². The van der Waals surface area contributed by atoms with Crippen molar-refractivity contribution in [3.8, 4) is 0 Å². The summed E-state index contributed by atoms with van der Waals surface area (Å²) in [5.41, 5.74) is -0.0931. The molecule has 0 aliphatic carbocycles. The predicted molar refractivity (Wildman–Crippen MR) is 62.9 cm³/mol. The van der Waals surface area contributed by atoms with Crippen LogP contribution in [-0.4, -0.2) is 30.7 Å². The molecule has 0 saturated carbocycles. The number of fused-ring (bicyclic) bond motifs is 1. The van der Waals surface area contributed by atoms with Crippen LogP contribution in [0.2, 0.25) is 0 Å². The van der Waals surface area contributed by atoms with Crippen LogP contribution in [0, 0.1) is 5.82 Å². The van der Waals surface area contributed by atoms with Crippen LogP contribution in [0.25, 0.3) is 11.0 Å². The molecule has 2 aromatic rings. The van der Waals surface area contributed by atoms with Crippen molar-refractivity contribution in [2.45, 2.75) is 18.5 Å². The molecule has 0 radical (unpaired) electrons. The van der Waals surface area contributed by atoms with Crippen molar-refractivity contribution in [2.75, 3.05) is 13.2 Å². The second-order valence-corrected chi connectivity index (χ2v) is 4.40. The smallest absolute Gasteiger partial charge is 0.330 e. The fraction of sp³-hybridized carbons (Fsp3) is 0.385. The zero-order valence-electron chi connectivity index (χ0n) is 10.5. The number of hydrogen-bond donors (Lipinski definition) is 1. The first kappa shape index (κ1) is 15.7. The molecule has 1 aromatic heterocycles. The third kappa shape index (κ3) is 3.51. The molecule has 0 saturated heterocycles.